The number of esters is 1. The molecule has 1 heterocycles. The van der Waals surface area contributed by atoms with Gasteiger partial charge in [-0.2, -0.15) is 0 Å². The molecule has 4 heteroatoms. The summed E-state index contributed by atoms with van der Waals surface area (Å²) in [6.07, 6.45) is 4.89. The van der Waals surface area contributed by atoms with Crippen molar-refractivity contribution in [2.24, 2.45) is 11.8 Å². The van der Waals surface area contributed by atoms with E-state index in [1.807, 2.05) is 30.3 Å². The van der Waals surface area contributed by atoms with Crippen LogP contribution in [0.2, 0.25) is 0 Å². The highest BCUT2D eigenvalue weighted by Crippen LogP contribution is 2.39. The van der Waals surface area contributed by atoms with E-state index < -0.39 is 0 Å². The number of ether oxygens (including phenoxy) is 1. The normalized spacial score (nSPS) is 29.6. The first-order valence-corrected chi connectivity index (χ1v) is 9.75. The highest BCUT2D eigenvalue weighted by molar-refractivity contribution is 5.89. The Bertz CT molecular complexity index is 560. The van der Waals surface area contributed by atoms with Crippen molar-refractivity contribution in [1.29, 1.82) is 0 Å². The molecule has 0 radical (unpaired) electrons. The third kappa shape index (κ3) is 4.24. The predicted molar refractivity (Wildman–Crippen MR) is 101 cm³/mol. The second kappa shape index (κ2) is 8.33. The monoisotopic (exact) mass is 344 g/mol. The number of unbranched alkanes of at least 4 members (excludes halogenated alkanes) is 1. The SMILES string of the molecule is CCCCN1CC2CC[C@H](N(C)C)C(C1)[C@H]2OC(=O)c1ccccc1. The molecular formula is C21H32N2O2. The molecular weight excluding hydrogens is 312 g/mol. The number of fused-ring (bicyclic) bond motifs is 2. The van der Waals surface area contributed by atoms with Crippen LogP contribution in [0, 0.1) is 11.8 Å². The zero-order valence-corrected chi connectivity index (χ0v) is 15.9. The van der Waals surface area contributed by atoms with Gasteiger partial charge < -0.3 is 14.5 Å². The summed E-state index contributed by atoms with van der Waals surface area (Å²) in [5.74, 6) is 0.716. The van der Waals surface area contributed by atoms with Crippen molar-refractivity contribution >= 4 is 5.97 Å². The average Bonchev–Trinajstić information content (AvgIpc) is 2.60. The molecule has 4 atom stereocenters. The lowest BCUT2D eigenvalue weighted by Gasteiger charge is -2.51. The molecule has 1 saturated carbocycles. The lowest BCUT2D eigenvalue weighted by atomic mass is 9.71. The molecule has 0 amide bonds. The van der Waals surface area contributed by atoms with E-state index in [1.54, 1.807) is 0 Å². The highest BCUT2D eigenvalue weighted by atomic mass is 16.5. The Kier molecular flexibility index (Phi) is 6.13. The molecule has 3 rings (SSSR count). The van der Waals surface area contributed by atoms with Crippen molar-refractivity contribution in [2.75, 3.05) is 33.7 Å². The fraction of sp³-hybridized carbons (Fsp3) is 0.667. The first-order valence-electron chi connectivity index (χ1n) is 9.75. The largest absolute Gasteiger partial charge is 0.458 e. The van der Waals surface area contributed by atoms with Crippen LogP contribution in [0.5, 0.6) is 0 Å². The zero-order valence-electron chi connectivity index (χ0n) is 15.9. The number of nitrogens with zero attached hydrogens (tertiary/aromatic N) is 2. The Balaban J connectivity index is 1.74. The maximum Gasteiger partial charge on any atom is 0.338 e. The maximum atomic E-state index is 12.6. The van der Waals surface area contributed by atoms with Gasteiger partial charge in [-0.3, -0.25) is 0 Å². The molecule has 1 aromatic carbocycles. The Labute approximate surface area is 152 Å². The van der Waals surface area contributed by atoms with Gasteiger partial charge in [-0.1, -0.05) is 31.5 Å². The minimum atomic E-state index is -0.165. The van der Waals surface area contributed by atoms with E-state index in [9.17, 15) is 4.79 Å². The van der Waals surface area contributed by atoms with Crippen LogP contribution >= 0.6 is 0 Å². The van der Waals surface area contributed by atoms with Crippen LogP contribution in [0.3, 0.4) is 0 Å². The van der Waals surface area contributed by atoms with Crippen LogP contribution in [-0.4, -0.2) is 61.6 Å². The summed E-state index contributed by atoms with van der Waals surface area (Å²) in [6, 6.07) is 9.91. The minimum Gasteiger partial charge on any atom is -0.458 e. The molecule has 0 N–H and O–H groups in total. The van der Waals surface area contributed by atoms with Crippen LogP contribution in [0.15, 0.2) is 30.3 Å². The predicted octanol–water partition coefficient (Wildman–Crippen LogP) is 3.28. The molecule has 1 saturated heterocycles. The van der Waals surface area contributed by atoms with Gasteiger partial charge in [0.2, 0.25) is 0 Å². The number of rotatable bonds is 6. The number of hydrogen-bond donors (Lipinski definition) is 0. The van der Waals surface area contributed by atoms with E-state index in [2.05, 4.69) is 30.8 Å². The summed E-state index contributed by atoms with van der Waals surface area (Å²) in [6.45, 7) is 5.54. The number of hydrogen-bond acceptors (Lipinski definition) is 4. The molecule has 4 nitrogen and oxygen atoms in total. The number of piperidine rings is 1. The van der Waals surface area contributed by atoms with Crippen molar-refractivity contribution in [1.82, 2.24) is 9.80 Å². The summed E-state index contributed by atoms with van der Waals surface area (Å²) in [5.41, 5.74) is 0.662. The highest BCUT2D eigenvalue weighted by Gasteiger charge is 2.47. The summed E-state index contributed by atoms with van der Waals surface area (Å²) in [5, 5.41) is 0. The smallest absolute Gasteiger partial charge is 0.338 e. The van der Waals surface area contributed by atoms with Crippen molar-refractivity contribution in [3.63, 3.8) is 0 Å². The lowest BCUT2D eigenvalue weighted by Crippen LogP contribution is -2.60. The van der Waals surface area contributed by atoms with Gasteiger partial charge >= 0.3 is 5.97 Å². The van der Waals surface area contributed by atoms with Gasteiger partial charge in [0.15, 0.2) is 0 Å². The number of carbonyl (C=O) groups excluding carboxylic acids is 1. The molecule has 0 aromatic heterocycles. The van der Waals surface area contributed by atoms with Crippen LogP contribution in [0.25, 0.3) is 0 Å². The third-order valence-electron chi connectivity index (χ3n) is 5.92. The van der Waals surface area contributed by atoms with Crippen LogP contribution < -0.4 is 0 Å². The Morgan fingerprint density at radius 3 is 2.64 bits per heavy atom. The van der Waals surface area contributed by atoms with E-state index in [4.69, 9.17) is 4.74 Å². The second-order valence-electron chi connectivity index (χ2n) is 7.88. The molecule has 2 fully saturated rings. The van der Waals surface area contributed by atoms with Gasteiger partial charge in [0.05, 0.1) is 5.56 Å². The van der Waals surface area contributed by atoms with Gasteiger partial charge in [-0.05, 0) is 52.0 Å². The first-order chi connectivity index (χ1) is 12.1. The quantitative estimate of drug-likeness (QED) is 0.742. The number of likely N-dealkylation sites (tertiary alicyclic amines) is 1. The molecule has 2 bridgehead atoms. The summed E-state index contributed by atoms with van der Waals surface area (Å²) < 4.78 is 6.09. The fourth-order valence-electron chi connectivity index (χ4n) is 4.61. The average molecular weight is 344 g/mol. The van der Waals surface area contributed by atoms with Gasteiger partial charge in [-0.15, -0.1) is 0 Å². The van der Waals surface area contributed by atoms with Crippen LogP contribution in [-0.2, 0) is 4.74 Å². The molecule has 0 spiro atoms. The molecule has 2 aliphatic rings. The molecule has 1 aromatic rings. The van der Waals surface area contributed by atoms with Crippen molar-refractivity contribution in [3.8, 4) is 0 Å². The standard InChI is InChI=1S/C21H32N2O2/c1-4-5-13-23-14-17-11-12-19(22(2)3)18(15-23)20(17)25-21(24)16-9-7-6-8-10-16/h6-10,17-20H,4-5,11-15H2,1-3H3/t17?,18?,19-,20-/m0/s1. The topological polar surface area (TPSA) is 32.8 Å². The zero-order chi connectivity index (χ0) is 17.8. The van der Waals surface area contributed by atoms with E-state index >= 15 is 0 Å². The van der Waals surface area contributed by atoms with Crippen molar-refractivity contribution in [2.45, 2.75) is 44.8 Å². The maximum absolute atomic E-state index is 12.6. The minimum absolute atomic E-state index is 0.0479. The van der Waals surface area contributed by atoms with E-state index in [-0.39, 0.29) is 12.1 Å². The van der Waals surface area contributed by atoms with Gasteiger partial charge in [0.1, 0.15) is 6.10 Å². The van der Waals surface area contributed by atoms with E-state index in [0.29, 0.717) is 23.4 Å². The van der Waals surface area contributed by atoms with Gasteiger partial charge in [-0.25, -0.2) is 4.79 Å². The van der Waals surface area contributed by atoms with E-state index in [1.165, 1.54) is 25.8 Å². The van der Waals surface area contributed by atoms with Gasteiger partial charge in [0.25, 0.3) is 0 Å². The summed E-state index contributed by atoms with van der Waals surface area (Å²) in [4.78, 5) is 17.6. The second-order valence-corrected chi connectivity index (χ2v) is 7.88. The Hall–Kier alpha value is -1.39. The van der Waals surface area contributed by atoms with Gasteiger partial charge in [0, 0.05) is 31.0 Å². The number of benzene rings is 1. The lowest BCUT2D eigenvalue weighted by molar-refractivity contribution is -0.0921. The van der Waals surface area contributed by atoms with Crippen LogP contribution in [0.1, 0.15) is 43.0 Å². The molecule has 25 heavy (non-hydrogen) atoms. The third-order valence-corrected chi connectivity index (χ3v) is 5.92. The molecule has 1 aliphatic heterocycles. The van der Waals surface area contributed by atoms with Crippen LogP contribution in [0.4, 0.5) is 0 Å². The first kappa shape index (κ1) is 18.4. The summed E-state index contributed by atoms with van der Waals surface area (Å²) >= 11 is 0. The van der Waals surface area contributed by atoms with Crippen molar-refractivity contribution in [3.05, 3.63) is 35.9 Å². The van der Waals surface area contributed by atoms with E-state index in [0.717, 1.165) is 19.5 Å². The molecule has 1 aliphatic carbocycles. The Morgan fingerprint density at radius 1 is 1.20 bits per heavy atom. The van der Waals surface area contributed by atoms with Crippen molar-refractivity contribution < 1.29 is 9.53 Å². The fourth-order valence-corrected chi connectivity index (χ4v) is 4.61. The molecule has 138 valence electrons. The summed E-state index contributed by atoms with van der Waals surface area (Å²) in [7, 11) is 4.32. The number of carbonyl (C=O) groups is 1. The molecule has 2 unspecified atom stereocenters. The Morgan fingerprint density at radius 2 is 1.96 bits per heavy atom.